The molecule has 16 heavy (non-hydrogen) atoms. The van der Waals surface area contributed by atoms with Gasteiger partial charge in [0.25, 0.3) is 0 Å². The molecule has 0 fully saturated rings. The van der Waals surface area contributed by atoms with E-state index in [0.29, 0.717) is 0 Å². The van der Waals surface area contributed by atoms with Gasteiger partial charge in [0.15, 0.2) is 0 Å². The van der Waals surface area contributed by atoms with Gasteiger partial charge in [-0.2, -0.15) is 17.0 Å². The van der Waals surface area contributed by atoms with Crippen molar-refractivity contribution in [1.29, 1.82) is 5.26 Å². The van der Waals surface area contributed by atoms with Crippen molar-refractivity contribution >= 4 is 23.4 Å². The molecule has 0 radical (unpaired) electrons. The Balaban J connectivity index is 2.30. The standard InChI is InChI=1S/C12H15ClN2S/c1-2-15-12(7-14)9-16-8-10-3-5-11(13)6-4-10/h3-6,12,15H,2,8-9H2,1H3. The van der Waals surface area contributed by atoms with E-state index in [1.54, 1.807) is 11.8 Å². The Kier molecular flexibility index (Phi) is 6.32. The maximum Gasteiger partial charge on any atom is 0.104 e. The minimum atomic E-state index is -0.0534. The molecule has 0 heterocycles. The maximum absolute atomic E-state index is 8.85. The first-order chi connectivity index (χ1) is 7.76. The van der Waals surface area contributed by atoms with E-state index in [-0.39, 0.29) is 6.04 Å². The topological polar surface area (TPSA) is 35.8 Å². The molecule has 0 bridgehead atoms. The van der Waals surface area contributed by atoms with Crippen LogP contribution in [-0.2, 0) is 5.75 Å². The van der Waals surface area contributed by atoms with Crippen molar-refractivity contribution in [2.24, 2.45) is 0 Å². The number of halogens is 1. The van der Waals surface area contributed by atoms with E-state index in [0.717, 1.165) is 23.1 Å². The average Bonchev–Trinajstić information content (AvgIpc) is 2.30. The summed E-state index contributed by atoms with van der Waals surface area (Å²) in [5.74, 6) is 1.73. The lowest BCUT2D eigenvalue weighted by Gasteiger charge is -2.08. The van der Waals surface area contributed by atoms with Crippen molar-refractivity contribution in [1.82, 2.24) is 5.32 Å². The zero-order valence-corrected chi connectivity index (χ0v) is 10.8. The average molecular weight is 255 g/mol. The van der Waals surface area contributed by atoms with Gasteiger partial charge in [0.2, 0.25) is 0 Å². The van der Waals surface area contributed by atoms with E-state index >= 15 is 0 Å². The van der Waals surface area contributed by atoms with Crippen LogP contribution in [0.15, 0.2) is 24.3 Å². The quantitative estimate of drug-likeness (QED) is 0.848. The molecule has 1 N–H and O–H groups in total. The molecule has 1 unspecified atom stereocenters. The fourth-order valence-electron chi connectivity index (χ4n) is 1.26. The Bertz CT molecular complexity index is 345. The molecule has 0 aliphatic heterocycles. The highest BCUT2D eigenvalue weighted by Gasteiger charge is 2.04. The molecule has 1 rings (SSSR count). The van der Waals surface area contributed by atoms with Crippen molar-refractivity contribution in [2.75, 3.05) is 12.3 Å². The Labute approximate surface area is 106 Å². The first-order valence-corrected chi connectivity index (χ1v) is 6.74. The van der Waals surface area contributed by atoms with Crippen LogP contribution in [0.5, 0.6) is 0 Å². The Hall–Kier alpha value is -0.690. The Morgan fingerprint density at radius 2 is 2.12 bits per heavy atom. The number of hydrogen-bond donors (Lipinski definition) is 1. The summed E-state index contributed by atoms with van der Waals surface area (Å²) in [5.41, 5.74) is 1.24. The highest BCUT2D eigenvalue weighted by atomic mass is 35.5. The molecular formula is C12H15ClN2S. The van der Waals surface area contributed by atoms with Gasteiger partial charge in [0.1, 0.15) is 6.04 Å². The first-order valence-electron chi connectivity index (χ1n) is 5.21. The lowest BCUT2D eigenvalue weighted by molar-refractivity contribution is 0.677. The number of nitrogens with one attached hydrogen (secondary N) is 1. The summed E-state index contributed by atoms with van der Waals surface area (Å²) in [7, 11) is 0. The lowest BCUT2D eigenvalue weighted by Crippen LogP contribution is -2.29. The molecule has 1 atom stereocenters. The maximum atomic E-state index is 8.85. The van der Waals surface area contributed by atoms with E-state index in [1.807, 2.05) is 31.2 Å². The minimum absolute atomic E-state index is 0.0534. The zero-order chi connectivity index (χ0) is 11.8. The molecule has 86 valence electrons. The number of rotatable bonds is 6. The van der Waals surface area contributed by atoms with Crippen LogP contribution in [-0.4, -0.2) is 18.3 Å². The molecule has 2 nitrogen and oxygen atoms in total. The van der Waals surface area contributed by atoms with Gasteiger partial charge in [0.05, 0.1) is 6.07 Å². The van der Waals surface area contributed by atoms with Crippen molar-refractivity contribution in [3.63, 3.8) is 0 Å². The molecule has 0 saturated heterocycles. The number of benzene rings is 1. The molecule has 1 aromatic carbocycles. The summed E-state index contributed by atoms with van der Waals surface area (Å²) in [6.07, 6.45) is 0. The van der Waals surface area contributed by atoms with Crippen molar-refractivity contribution in [3.8, 4) is 6.07 Å². The fourth-order valence-corrected chi connectivity index (χ4v) is 2.36. The van der Waals surface area contributed by atoms with Gasteiger partial charge >= 0.3 is 0 Å². The molecule has 1 aromatic rings. The summed E-state index contributed by atoms with van der Waals surface area (Å²) in [6.45, 7) is 2.84. The summed E-state index contributed by atoms with van der Waals surface area (Å²) < 4.78 is 0. The number of hydrogen-bond acceptors (Lipinski definition) is 3. The normalized spacial score (nSPS) is 12.1. The van der Waals surface area contributed by atoms with Gasteiger partial charge in [-0.25, -0.2) is 0 Å². The monoisotopic (exact) mass is 254 g/mol. The van der Waals surface area contributed by atoms with E-state index in [2.05, 4.69) is 11.4 Å². The third-order valence-corrected chi connectivity index (χ3v) is 3.43. The highest BCUT2D eigenvalue weighted by molar-refractivity contribution is 7.98. The van der Waals surface area contributed by atoms with E-state index in [4.69, 9.17) is 16.9 Å². The second kappa shape index (κ2) is 7.56. The van der Waals surface area contributed by atoms with Crippen molar-refractivity contribution in [2.45, 2.75) is 18.7 Å². The van der Waals surface area contributed by atoms with Crippen molar-refractivity contribution in [3.05, 3.63) is 34.9 Å². The van der Waals surface area contributed by atoms with E-state index < -0.39 is 0 Å². The molecule has 0 aliphatic rings. The van der Waals surface area contributed by atoms with Crippen LogP contribution in [0, 0.1) is 11.3 Å². The predicted molar refractivity (Wildman–Crippen MR) is 70.7 cm³/mol. The molecule has 0 amide bonds. The van der Waals surface area contributed by atoms with Crippen LogP contribution in [0.2, 0.25) is 5.02 Å². The summed E-state index contributed by atoms with van der Waals surface area (Å²) in [6, 6.07) is 10.0. The van der Waals surface area contributed by atoms with Crippen LogP contribution in [0.4, 0.5) is 0 Å². The van der Waals surface area contributed by atoms with Gasteiger partial charge in [0, 0.05) is 16.5 Å². The van der Waals surface area contributed by atoms with Gasteiger partial charge in [-0.05, 0) is 24.2 Å². The van der Waals surface area contributed by atoms with E-state index in [9.17, 15) is 0 Å². The van der Waals surface area contributed by atoms with Crippen LogP contribution >= 0.6 is 23.4 Å². The molecule has 0 aliphatic carbocycles. The molecule has 4 heteroatoms. The van der Waals surface area contributed by atoms with Crippen LogP contribution in [0.25, 0.3) is 0 Å². The second-order valence-corrected chi connectivity index (χ2v) is 4.85. The smallest absolute Gasteiger partial charge is 0.104 e. The number of thioether (sulfide) groups is 1. The van der Waals surface area contributed by atoms with E-state index in [1.165, 1.54) is 5.56 Å². The summed E-state index contributed by atoms with van der Waals surface area (Å²) >= 11 is 7.56. The third kappa shape index (κ3) is 4.89. The van der Waals surface area contributed by atoms with Gasteiger partial charge in [-0.15, -0.1) is 0 Å². The van der Waals surface area contributed by atoms with Gasteiger partial charge in [-0.1, -0.05) is 30.7 Å². The first kappa shape index (κ1) is 13.4. The second-order valence-electron chi connectivity index (χ2n) is 3.38. The van der Waals surface area contributed by atoms with Crippen LogP contribution in [0.1, 0.15) is 12.5 Å². The largest absolute Gasteiger partial charge is 0.302 e. The number of nitrogens with zero attached hydrogens (tertiary/aromatic N) is 1. The summed E-state index contributed by atoms with van der Waals surface area (Å²) in [4.78, 5) is 0. The Morgan fingerprint density at radius 3 is 2.69 bits per heavy atom. The van der Waals surface area contributed by atoms with Crippen LogP contribution < -0.4 is 5.32 Å². The summed E-state index contributed by atoms with van der Waals surface area (Å²) in [5, 5.41) is 12.7. The van der Waals surface area contributed by atoms with Crippen molar-refractivity contribution < 1.29 is 0 Å². The molecule has 0 spiro atoms. The highest BCUT2D eigenvalue weighted by Crippen LogP contribution is 2.15. The third-order valence-electron chi connectivity index (χ3n) is 2.07. The molecule has 0 saturated carbocycles. The molecular weight excluding hydrogens is 240 g/mol. The predicted octanol–water partition coefficient (Wildman–Crippen LogP) is 3.07. The SMILES string of the molecule is CCNC(C#N)CSCc1ccc(Cl)cc1. The molecule has 0 aromatic heterocycles. The fraction of sp³-hybridized carbons (Fsp3) is 0.417. The van der Waals surface area contributed by atoms with Crippen LogP contribution in [0.3, 0.4) is 0 Å². The van der Waals surface area contributed by atoms with Gasteiger partial charge < -0.3 is 5.32 Å². The lowest BCUT2D eigenvalue weighted by atomic mass is 10.2. The Morgan fingerprint density at radius 1 is 1.44 bits per heavy atom. The minimum Gasteiger partial charge on any atom is -0.302 e. The van der Waals surface area contributed by atoms with Gasteiger partial charge in [-0.3, -0.25) is 0 Å². The zero-order valence-electron chi connectivity index (χ0n) is 9.24. The number of nitriles is 1.